The highest BCUT2D eigenvalue weighted by Gasteiger charge is 2.11. The number of para-hydroxylation sites is 1. The molecule has 2 rings (SSSR count). The monoisotopic (exact) mass is 296 g/mol. The van der Waals surface area contributed by atoms with Crippen LogP contribution in [-0.2, 0) is 0 Å². The number of carbonyl (C=O) groups excluding carboxylic acids is 1. The van der Waals surface area contributed by atoms with Crippen molar-refractivity contribution in [2.24, 2.45) is 11.0 Å². The fourth-order valence-corrected chi connectivity index (χ4v) is 2.09. The van der Waals surface area contributed by atoms with E-state index in [4.69, 9.17) is 0 Å². The van der Waals surface area contributed by atoms with E-state index < -0.39 is 5.91 Å². The van der Waals surface area contributed by atoms with Gasteiger partial charge in [0.2, 0.25) is 0 Å². The van der Waals surface area contributed by atoms with Crippen LogP contribution in [0.4, 0.5) is 0 Å². The summed E-state index contributed by atoms with van der Waals surface area (Å²) in [6, 6.07) is 16.2. The Morgan fingerprint density at radius 3 is 2.36 bits per heavy atom. The predicted octanol–water partition coefficient (Wildman–Crippen LogP) is 3.57. The third-order valence-corrected chi connectivity index (χ3v) is 3.15. The molecule has 4 nitrogen and oxygen atoms in total. The summed E-state index contributed by atoms with van der Waals surface area (Å²) in [5, 5.41) is 14.0. The van der Waals surface area contributed by atoms with Crippen molar-refractivity contribution in [2.45, 2.75) is 20.3 Å². The molecule has 4 heteroatoms. The number of nitrogens with one attached hydrogen (secondary N) is 1. The molecule has 0 heterocycles. The molecular weight excluding hydrogens is 276 g/mol. The van der Waals surface area contributed by atoms with Crippen LogP contribution >= 0.6 is 0 Å². The lowest BCUT2D eigenvalue weighted by Crippen LogP contribution is -2.21. The lowest BCUT2D eigenvalue weighted by atomic mass is 10.0. The van der Waals surface area contributed by atoms with E-state index in [9.17, 15) is 9.90 Å². The van der Waals surface area contributed by atoms with Crippen molar-refractivity contribution in [1.29, 1.82) is 0 Å². The Morgan fingerprint density at radius 1 is 1.09 bits per heavy atom. The molecule has 2 N–H and O–H groups in total. The largest absolute Gasteiger partial charge is 0.507 e. The molecule has 2 aromatic carbocycles. The summed E-state index contributed by atoms with van der Waals surface area (Å²) in [4.78, 5) is 12.1. The molecule has 0 spiro atoms. The molecule has 114 valence electrons. The normalized spacial score (nSPS) is 11.5. The van der Waals surface area contributed by atoms with E-state index in [0.29, 0.717) is 5.92 Å². The third kappa shape index (κ3) is 4.19. The number of aromatic hydroxyl groups is 1. The Bertz CT molecular complexity index is 664. The minimum Gasteiger partial charge on any atom is -0.507 e. The van der Waals surface area contributed by atoms with Gasteiger partial charge in [0.25, 0.3) is 5.91 Å². The van der Waals surface area contributed by atoms with Gasteiger partial charge in [-0.1, -0.05) is 56.3 Å². The molecule has 0 aromatic heterocycles. The van der Waals surface area contributed by atoms with Crippen LogP contribution in [0.25, 0.3) is 0 Å². The average molecular weight is 296 g/mol. The fourth-order valence-electron chi connectivity index (χ4n) is 2.09. The summed E-state index contributed by atoms with van der Waals surface area (Å²) in [7, 11) is 0. The first kappa shape index (κ1) is 15.8. The minimum absolute atomic E-state index is 0.0553. The lowest BCUT2D eigenvalue weighted by molar-refractivity contribution is 0.0952. The van der Waals surface area contributed by atoms with Gasteiger partial charge in [-0.2, -0.15) is 5.10 Å². The summed E-state index contributed by atoms with van der Waals surface area (Å²) in [6.07, 6.45) is 0.755. The van der Waals surface area contributed by atoms with E-state index in [2.05, 4.69) is 24.4 Å². The van der Waals surface area contributed by atoms with E-state index in [0.717, 1.165) is 17.7 Å². The molecule has 2 aromatic rings. The molecule has 22 heavy (non-hydrogen) atoms. The first-order valence-electron chi connectivity index (χ1n) is 7.28. The van der Waals surface area contributed by atoms with Crippen LogP contribution in [-0.4, -0.2) is 16.7 Å². The van der Waals surface area contributed by atoms with Crippen molar-refractivity contribution < 1.29 is 9.90 Å². The number of hydrogen-bond acceptors (Lipinski definition) is 3. The maximum Gasteiger partial charge on any atom is 0.275 e. The average Bonchev–Trinajstić information content (AvgIpc) is 2.52. The highest BCUT2D eigenvalue weighted by atomic mass is 16.3. The van der Waals surface area contributed by atoms with Crippen LogP contribution in [0.3, 0.4) is 0 Å². The molecule has 0 saturated heterocycles. The number of nitrogens with zero attached hydrogens (tertiary/aromatic N) is 1. The van der Waals surface area contributed by atoms with E-state index >= 15 is 0 Å². The fraction of sp³-hybridized carbons (Fsp3) is 0.222. The highest BCUT2D eigenvalue weighted by Crippen LogP contribution is 2.15. The number of benzene rings is 2. The van der Waals surface area contributed by atoms with Gasteiger partial charge in [0.05, 0.1) is 11.3 Å². The first-order chi connectivity index (χ1) is 10.6. The van der Waals surface area contributed by atoms with Gasteiger partial charge in [-0.05, 0) is 30.0 Å². The van der Waals surface area contributed by atoms with E-state index in [1.54, 1.807) is 18.2 Å². The summed E-state index contributed by atoms with van der Waals surface area (Å²) < 4.78 is 0. The Balaban J connectivity index is 2.20. The molecule has 0 saturated carbocycles. The van der Waals surface area contributed by atoms with Crippen molar-refractivity contribution in [3.05, 3.63) is 65.7 Å². The zero-order valence-electron chi connectivity index (χ0n) is 12.8. The summed E-state index contributed by atoms with van der Waals surface area (Å²) in [6.45, 7) is 4.20. The molecule has 0 aliphatic carbocycles. The number of hydrogen-bond donors (Lipinski definition) is 2. The zero-order valence-corrected chi connectivity index (χ0v) is 12.8. The van der Waals surface area contributed by atoms with Crippen LogP contribution in [0.2, 0.25) is 0 Å². The number of rotatable bonds is 5. The molecule has 0 bridgehead atoms. The van der Waals surface area contributed by atoms with Gasteiger partial charge in [0, 0.05) is 0 Å². The van der Waals surface area contributed by atoms with Gasteiger partial charge in [-0.3, -0.25) is 4.79 Å². The van der Waals surface area contributed by atoms with Crippen molar-refractivity contribution in [1.82, 2.24) is 5.43 Å². The van der Waals surface area contributed by atoms with Gasteiger partial charge in [-0.25, -0.2) is 5.43 Å². The maximum absolute atomic E-state index is 12.1. The van der Waals surface area contributed by atoms with Crippen molar-refractivity contribution >= 4 is 11.6 Å². The first-order valence-corrected chi connectivity index (χ1v) is 7.28. The Labute approximate surface area is 130 Å². The van der Waals surface area contributed by atoms with Crippen LogP contribution in [0.1, 0.15) is 36.2 Å². The van der Waals surface area contributed by atoms with Crippen LogP contribution < -0.4 is 5.43 Å². The SMILES string of the molecule is CC(C)C/C(=N/NC(=O)c1ccccc1O)c1ccccc1. The smallest absolute Gasteiger partial charge is 0.275 e. The Hall–Kier alpha value is -2.62. The second kappa shape index (κ2) is 7.41. The maximum atomic E-state index is 12.1. The number of phenolic OH excluding ortho intramolecular Hbond substituents is 1. The van der Waals surface area contributed by atoms with Gasteiger partial charge >= 0.3 is 0 Å². The lowest BCUT2D eigenvalue weighted by Gasteiger charge is -2.10. The number of carbonyl (C=O) groups is 1. The molecule has 0 unspecified atom stereocenters. The van der Waals surface area contributed by atoms with Crippen LogP contribution in [0.15, 0.2) is 59.7 Å². The van der Waals surface area contributed by atoms with Crippen molar-refractivity contribution in [3.8, 4) is 5.75 Å². The second-order valence-electron chi connectivity index (χ2n) is 5.48. The topological polar surface area (TPSA) is 61.7 Å². The molecule has 0 aliphatic rings. The Morgan fingerprint density at radius 2 is 1.73 bits per heavy atom. The molecular formula is C18H20N2O2. The minimum atomic E-state index is -0.421. The molecule has 0 aliphatic heterocycles. The van der Waals surface area contributed by atoms with E-state index in [1.165, 1.54) is 6.07 Å². The highest BCUT2D eigenvalue weighted by molar-refractivity contribution is 6.02. The Kier molecular flexibility index (Phi) is 5.31. The molecule has 0 atom stereocenters. The summed E-state index contributed by atoms with van der Waals surface area (Å²) in [5.74, 6) is -0.0587. The quantitative estimate of drug-likeness (QED) is 0.654. The summed E-state index contributed by atoms with van der Waals surface area (Å²) in [5.41, 5.74) is 4.54. The second-order valence-corrected chi connectivity index (χ2v) is 5.48. The number of phenols is 1. The number of hydrazone groups is 1. The van der Waals surface area contributed by atoms with Crippen LogP contribution in [0.5, 0.6) is 5.75 Å². The van der Waals surface area contributed by atoms with Gasteiger partial charge < -0.3 is 5.11 Å². The molecule has 0 radical (unpaired) electrons. The van der Waals surface area contributed by atoms with E-state index in [-0.39, 0.29) is 11.3 Å². The molecule has 0 fully saturated rings. The van der Waals surface area contributed by atoms with Crippen molar-refractivity contribution in [3.63, 3.8) is 0 Å². The van der Waals surface area contributed by atoms with Gasteiger partial charge in [-0.15, -0.1) is 0 Å². The zero-order chi connectivity index (χ0) is 15.9. The third-order valence-electron chi connectivity index (χ3n) is 3.15. The standard InChI is InChI=1S/C18H20N2O2/c1-13(2)12-16(14-8-4-3-5-9-14)19-20-18(22)15-10-6-7-11-17(15)21/h3-11,13,21H,12H2,1-2H3,(H,20,22)/b19-16-. The summed E-state index contributed by atoms with van der Waals surface area (Å²) >= 11 is 0. The van der Waals surface area contributed by atoms with Crippen molar-refractivity contribution in [2.75, 3.05) is 0 Å². The van der Waals surface area contributed by atoms with Gasteiger partial charge in [0.1, 0.15) is 5.75 Å². The van der Waals surface area contributed by atoms with Crippen LogP contribution in [0, 0.1) is 5.92 Å². The molecule has 1 amide bonds. The van der Waals surface area contributed by atoms with Gasteiger partial charge in [0.15, 0.2) is 0 Å². The van der Waals surface area contributed by atoms with E-state index in [1.807, 2.05) is 30.3 Å². The predicted molar refractivity (Wildman–Crippen MR) is 88.0 cm³/mol. The number of amides is 1.